The summed E-state index contributed by atoms with van der Waals surface area (Å²) in [5.74, 6) is 1.16. The van der Waals surface area contributed by atoms with Crippen molar-refractivity contribution in [3.05, 3.63) is 57.0 Å². The number of carbonyl (C=O) groups is 1. The van der Waals surface area contributed by atoms with Gasteiger partial charge in [-0.15, -0.1) is 0 Å². The number of amides is 1. The number of fused-ring (bicyclic) bond motifs is 1. The van der Waals surface area contributed by atoms with Crippen LogP contribution in [-0.4, -0.2) is 78.5 Å². The lowest BCUT2D eigenvalue weighted by molar-refractivity contribution is 0.00588. The molecule has 1 N–H and O–H groups in total. The number of nitrogens with zero attached hydrogens (tertiary/aromatic N) is 6. The standard InChI is InChI=1S/C29H36N6O6/c1-29(2,3)24-13-19(34(28(38)39)16-18-12-22-23(14-30-18)41-11-10-40-22)6-8-32(24)17-20-7-9-33-26(37)15-31-21-4-5-25(36)35(20)27(21)33/h4-5,12,14-15,19-20,24H,6-11,13,16-17H2,1-3H3,(H,38,39). The lowest BCUT2D eigenvalue weighted by Gasteiger charge is -2.49. The molecule has 0 aliphatic carbocycles. The third-order valence-electron chi connectivity index (χ3n) is 8.60. The smallest absolute Gasteiger partial charge is 0.407 e. The van der Waals surface area contributed by atoms with Gasteiger partial charge in [-0.1, -0.05) is 20.8 Å². The highest BCUT2D eigenvalue weighted by atomic mass is 16.6. The number of aromatic nitrogens is 4. The summed E-state index contributed by atoms with van der Waals surface area (Å²) in [6, 6.07) is 4.72. The van der Waals surface area contributed by atoms with E-state index in [1.807, 2.05) is 0 Å². The Kier molecular flexibility index (Phi) is 6.96. The fourth-order valence-corrected chi connectivity index (χ4v) is 6.62. The molecule has 12 nitrogen and oxygen atoms in total. The minimum Gasteiger partial charge on any atom is -0.486 e. The van der Waals surface area contributed by atoms with E-state index in [-0.39, 0.29) is 41.2 Å². The number of carboxylic acid groups (broad SMARTS) is 1. The van der Waals surface area contributed by atoms with Gasteiger partial charge in [-0.25, -0.2) is 9.78 Å². The summed E-state index contributed by atoms with van der Waals surface area (Å²) in [5.41, 5.74) is 1.33. The molecule has 3 aliphatic heterocycles. The van der Waals surface area contributed by atoms with E-state index in [1.165, 1.54) is 17.2 Å². The molecule has 3 aromatic rings. The van der Waals surface area contributed by atoms with Crippen molar-refractivity contribution in [1.29, 1.82) is 0 Å². The number of piperidine rings is 1. The minimum atomic E-state index is -0.979. The molecule has 0 spiro atoms. The summed E-state index contributed by atoms with van der Waals surface area (Å²) in [6.45, 7) is 9.44. The predicted molar refractivity (Wildman–Crippen MR) is 151 cm³/mol. The number of likely N-dealkylation sites (tertiary alicyclic amines) is 1. The monoisotopic (exact) mass is 564 g/mol. The van der Waals surface area contributed by atoms with Crippen LogP contribution in [0.3, 0.4) is 0 Å². The highest BCUT2D eigenvalue weighted by Gasteiger charge is 2.41. The molecule has 1 fully saturated rings. The van der Waals surface area contributed by atoms with Gasteiger partial charge in [0.2, 0.25) is 0 Å². The largest absolute Gasteiger partial charge is 0.486 e. The lowest BCUT2D eigenvalue weighted by Crippen LogP contribution is -2.56. The van der Waals surface area contributed by atoms with E-state index in [9.17, 15) is 19.5 Å². The fourth-order valence-electron chi connectivity index (χ4n) is 6.62. The van der Waals surface area contributed by atoms with Gasteiger partial charge >= 0.3 is 6.09 Å². The Balaban J connectivity index is 1.24. The van der Waals surface area contributed by atoms with E-state index in [4.69, 9.17) is 9.47 Å². The predicted octanol–water partition coefficient (Wildman–Crippen LogP) is 2.73. The Morgan fingerprint density at radius 3 is 2.59 bits per heavy atom. The Morgan fingerprint density at radius 2 is 1.83 bits per heavy atom. The van der Waals surface area contributed by atoms with Gasteiger partial charge in [0.1, 0.15) is 24.4 Å². The van der Waals surface area contributed by atoms with Crippen molar-refractivity contribution in [1.82, 2.24) is 28.9 Å². The van der Waals surface area contributed by atoms with Gasteiger partial charge in [0.15, 0.2) is 11.5 Å². The molecular weight excluding hydrogens is 528 g/mol. The highest BCUT2D eigenvalue weighted by Crippen LogP contribution is 2.37. The first-order valence-electron chi connectivity index (χ1n) is 14.2. The minimum absolute atomic E-state index is 0.0734. The molecule has 0 radical (unpaired) electrons. The van der Waals surface area contributed by atoms with E-state index >= 15 is 0 Å². The molecule has 0 aromatic carbocycles. The van der Waals surface area contributed by atoms with Crippen molar-refractivity contribution in [3.8, 4) is 11.5 Å². The third kappa shape index (κ3) is 5.16. The SMILES string of the molecule is CC(C)(C)C1CC(N(Cc2cc3c(cn2)OCCO3)C(=O)O)CCN1CC1CCn2c(=O)cnc3ccc(=O)n1c32. The van der Waals surface area contributed by atoms with Gasteiger partial charge in [-0.2, -0.15) is 0 Å². The Morgan fingerprint density at radius 1 is 1.05 bits per heavy atom. The van der Waals surface area contributed by atoms with Crippen LogP contribution in [0.15, 0.2) is 40.2 Å². The van der Waals surface area contributed by atoms with Gasteiger partial charge < -0.3 is 14.6 Å². The van der Waals surface area contributed by atoms with Crippen LogP contribution in [0, 0.1) is 5.41 Å². The van der Waals surface area contributed by atoms with Crippen LogP contribution in [0.4, 0.5) is 4.79 Å². The van der Waals surface area contributed by atoms with E-state index < -0.39 is 6.09 Å². The Labute approximate surface area is 237 Å². The van der Waals surface area contributed by atoms with Crippen molar-refractivity contribution in [2.75, 3.05) is 26.3 Å². The summed E-state index contributed by atoms with van der Waals surface area (Å²) < 4.78 is 14.6. The van der Waals surface area contributed by atoms with Crippen LogP contribution in [0.25, 0.3) is 11.2 Å². The number of ether oxygens (including phenoxy) is 2. The quantitative estimate of drug-likeness (QED) is 0.497. The van der Waals surface area contributed by atoms with E-state index in [0.717, 1.165) is 0 Å². The fraction of sp³-hybridized carbons (Fsp3) is 0.552. The average molecular weight is 565 g/mol. The first-order valence-corrected chi connectivity index (χ1v) is 14.2. The Hall–Kier alpha value is -3.93. The molecular formula is C29H36N6O6. The second kappa shape index (κ2) is 10.5. The second-order valence-corrected chi connectivity index (χ2v) is 12.2. The van der Waals surface area contributed by atoms with Crippen molar-refractivity contribution in [3.63, 3.8) is 0 Å². The van der Waals surface area contributed by atoms with Crippen molar-refractivity contribution < 1.29 is 19.4 Å². The summed E-state index contributed by atoms with van der Waals surface area (Å²) >= 11 is 0. The molecule has 3 aromatic heterocycles. The molecule has 3 unspecified atom stereocenters. The van der Waals surface area contributed by atoms with Crippen LogP contribution in [-0.2, 0) is 13.1 Å². The van der Waals surface area contributed by atoms with Gasteiger partial charge in [0.05, 0.1) is 30.7 Å². The zero-order valence-corrected chi connectivity index (χ0v) is 23.7. The van der Waals surface area contributed by atoms with Crippen LogP contribution >= 0.6 is 0 Å². The van der Waals surface area contributed by atoms with E-state index in [1.54, 1.807) is 27.5 Å². The van der Waals surface area contributed by atoms with Gasteiger partial charge in [0.25, 0.3) is 11.1 Å². The zero-order chi connectivity index (χ0) is 28.9. The Bertz CT molecular complexity index is 1590. The first-order chi connectivity index (χ1) is 19.6. The van der Waals surface area contributed by atoms with E-state index in [2.05, 4.69) is 35.6 Å². The maximum atomic E-state index is 13.1. The molecule has 0 bridgehead atoms. The summed E-state index contributed by atoms with van der Waals surface area (Å²) in [5, 5.41) is 10.2. The molecule has 3 aliphatic rings. The van der Waals surface area contributed by atoms with Gasteiger partial charge in [-0.05, 0) is 30.7 Å². The maximum absolute atomic E-state index is 13.1. The van der Waals surface area contributed by atoms with Crippen LogP contribution in [0.1, 0.15) is 51.8 Å². The van der Waals surface area contributed by atoms with Gasteiger partial charge in [-0.3, -0.25) is 33.5 Å². The summed E-state index contributed by atoms with van der Waals surface area (Å²) in [6.07, 6.45) is 3.90. The maximum Gasteiger partial charge on any atom is 0.407 e. The molecule has 41 heavy (non-hydrogen) atoms. The number of aryl methyl sites for hydroxylation is 1. The third-order valence-corrected chi connectivity index (χ3v) is 8.60. The zero-order valence-electron chi connectivity index (χ0n) is 23.7. The first kappa shape index (κ1) is 27.3. The van der Waals surface area contributed by atoms with Crippen molar-refractivity contribution >= 4 is 17.3 Å². The highest BCUT2D eigenvalue weighted by molar-refractivity contribution is 5.70. The molecule has 6 rings (SSSR count). The number of rotatable bonds is 5. The van der Waals surface area contributed by atoms with E-state index in [0.29, 0.717) is 80.5 Å². The van der Waals surface area contributed by atoms with Gasteiger partial charge in [0, 0.05) is 43.9 Å². The normalized spacial score (nSPS) is 22.5. The molecule has 218 valence electrons. The number of hydrogen-bond acceptors (Lipinski definition) is 8. The van der Waals surface area contributed by atoms with Crippen LogP contribution < -0.4 is 20.6 Å². The lowest BCUT2D eigenvalue weighted by atomic mass is 9.78. The second-order valence-electron chi connectivity index (χ2n) is 12.2. The summed E-state index contributed by atoms with van der Waals surface area (Å²) in [4.78, 5) is 50.7. The van der Waals surface area contributed by atoms with Crippen molar-refractivity contribution in [2.24, 2.45) is 5.41 Å². The molecule has 12 heteroatoms. The molecule has 6 heterocycles. The molecule has 1 amide bonds. The topological polar surface area (TPSA) is 132 Å². The van der Waals surface area contributed by atoms with Crippen LogP contribution in [0.2, 0.25) is 0 Å². The number of pyridine rings is 2. The average Bonchev–Trinajstić information content (AvgIpc) is 2.95. The summed E-state index contributed by atoms with van der Waals surface area (Å²) in [7, 11) is 0. The molecule has 3 atom stereocenters. The molecule has 0 saturated carbocycles. The van der Waals surface area contributed by atoms with Crippen molar-refractivity contribution in [2.45, 2.75) is 71.2 Å². The number of hydrogen-bond donors (Lipinski definition) is 1. The van der Waals surface area contributed by atoms with Crippen LogP contribution in [0.5, 0.6) is 11.5 Å². The molecule has 1 saturated heterocycles.